The van der Waals surface area contributed by atoms with Gasteiger partial charge in [-0.3, -0.25) is 0 Å². The quantitative estimate of drug-likeness (QED) is 0.546. The van der Waals surface area contributed by atoms with Crippen molar-refractivity contribution in [1.82, 2.24) is 19.6 Å². The summed E-state index contributed by atoms with van der Waals surface area (Å²) in [5.74, 6) is 0.918. The van der Waals surface area contributed by atoms with Gasteiger partial charge in [-0.1, -0.05) is 12.1 Å². The molecule has 0 spiro atoms. The molecule has 1 aromatic rings. The monoisotopic (exact) mass is 446 g/mol. The van der Waals surface area contributed by atoms with E-state index in [-0.39, 0.29) is 11.4 Å². The average Bonchev–Trinajstić information content (AvgIpc) is 3.26. The van der Waals surface area contributed by atoms with Crippen LogP contribution in [0.2, 0.25) is 0 Å². The van der Waals surface area contributed by atoms with Crippen molar-refractivity contribution in [2.24, 2.45) is 0 Å². The third-order valence-corrected chi connectivity index (χ3v) is 7.03. The Kier molecular flexibility index (Phi) is 8.79. The van der Waals surface area contributed by atoms with Crippen LogP contribution in [-0.4, -0.2) is 113 Å². The van der Waals surface area contributed by atoms with Crippen LogP contribution in [0.3, 0.4) is 0 Å². The van der Waals surface area contributed by atoms with E-state index in [1.165, 1.54) is 18.5 Å². The van der Waals surface area contributed by atoms with Crippen molar-refractivity contribution in [3.8, 4) is 5.75 Å². The number of carbonyl (C=O) groups excluding carboxylic acids is 1. The van der Waals surface area contributed by atoms with Crippen molar-refractivity contribution in [2.45, 2.75) is 37.1 Å². The van der Waals surface area contributed by atoms with Gasteiger partial charge in [0.1, 0.15) is 5.75 Å². The molecular weight excluding hydrogens is 404 g/mol. The first-order valence-electron chi connectivity index (χ1n) is 11.9. The van der Waals surface area contributed by atoms with Crippen molar-refractivity contribution < 1.29 is 14.3 Å². The maximum Gasteiger partial charge on any atom is 0.319 e. The third kappa shape index (κ3) is 6.36. The van der Waals surface area contributed by atoms with E-state index in [4.69, 9.17) is 9.47 Å². The van der Waals surface area contributed by atoms with Gasteiger partial charge in [0, 0.05) is 65.4 Å². The molecule has 2 amide bonds. The molecule has 0 unspecified atom stereocenters. The molecule has 0 N–H and O–H groups in total. The molecule has 3 rings (SSSR count). The van der Waals surface area contributed by atoms with Crippen LogP contribution in [-0.2, 0) is 10.2 Å². The minimum Gasteiger partial charge on any atom is -0.494 e. The molecule has 2 heterocycles. The number of ether oxygens (including phenoxy) is 2. The number of carbonyl (C=O) groups is 1. The Bertz CT molecular complexity index is 716. The first-order valence-corrected chi connectivity index (χ1v) is 11.9. The maximum atomic E-state index is 12.4. The van der Waals surface area contributed by atoms with Crippen molar-refractivity contribution in [3.63, 3.8) is 0 Å². The van der Waals surface area contributed by atoms with Crippen molar-refractivity contribution >= 4 is 6.03 Å². The fourth-order valence-corrected chi connectivity index (χ4v) is 4.98. The topological polar surface area (TPSA) is 48.5 Å². The van der Waals surface area contributed by atoms with E-state index in [9.17, 15) is 4.79 Å². The molecule has 7 nitrogen and oxygen atoms in total. The van der Waals surface area contributed by atoms with Crippen LogP contribution in [0.1, 0.15) is 31.2 Å². The standard InChI is InChI=1S/C25H42N4O3/c1-26(2)22-11-15-29(19-22)14-6-16-32-23-9-7-21(8-10-23)25(12-17-31-18-13-25)20-28(5)24(30)27(3)4/h7-10,22H,6,11-20H2,1-5H3/t22-/m1/s1. The van der Waals surface area contributed by atoms with Crippen LogP contribution in [0, 0.1) is 0 Å². The first-order chi connectivity index (χ1) is 15.3. The number of hydrogen-bond donors (Lipinski definition) is 0. The minimum atomic E-state index is -0.0735. The van der Waals surface area contributed by atoms with Crippen molar-refractivity contribution in [2.75, 3.05) is 81.2 Å². The lowest BCUT2D eigenvalue weighted by Gasteiger charge is -2.41. The smallest absolute Gasteiger partial charge is 0.319 e. The zero-order valence-electron chi connectivity index (χ0n) is 20.7. The Balaban J connectivity index is 1.52. The number of likely N-dealkylation sites (N-methyl/N-ethyl adjacent to an activating group) is 2. The number of rotatable bonds is 9. The van der Waals surface area contributed by atoms with E-state index in [1.54, 1.807) is 19.0 Å². The molecular formula is C25H42N4O3. The molecule has 2 saturated heterocycles. The normalized spacial score (nSPS) is 21.0. The van der Waals surface area contributed by atoms with Gasteiger partial charge in [0.25, 0.3) is 0 Å². The highest BCUT2D eigenvalue weighted by Gasteiger charge is 2.37. The summed E-state index contributed by atoms with van der Waals surface area (Å²) < 4.78 is 11.7. The number of amides is 2. The highest BCUT2D eigenvalue weighted by molar-refractivity contribution is 5.73. The highest BCUT2D eigenvalue weighted by Crippen LogP contribution is 2.36. The van der Waals surface area contributed by atoms with Crippen LogP contribution >= 0.6 is 0 Å². The van der Waals surface area contributed by atoms with Gasteiger partial charge in [0.15, 0.2) is 0 Å². The summed E-state index contributed by atoms with van der Waals surface area (Å²) >= 11 is 0. The molecule has 7 heteroatoms. The maximum absolute atomic E-state index is 12.4. The van der Waals surface area contributed by atoms with Gasteiger partial charge < -0.3 is 29.1 Å². The Hall–Kier alpha value is -1.83. The summed E-state index contributed by atoms with van der Waals surface area (Å²) in [5.41, 5.74) is 1.19. The van der Waals surface area contributed by atoms with E-state index < -0.39 is 0 Å². The predicted molar refractivity (Wildman–Crippen MR) is 129 cm³/mol. The van der Waals surface area contributed by atoms with Crippen LogP contribution in [0.25, 0.3) is 0 Å². The second-order valence-corrected chi connectivity index (χ2v) is 9.86. The first kappa shape index (κ1) is 24.8. The Morgan fingerprint density at radius 2 is 1.81 bits per heavy atom. The zero-order valence-corrected chi connectivity index (χ0v) is 20.7. The predicted octanol–water partition coefficient (Wildman–Crippen LogP) is 2.75. The second-order valence-electron chi connectivity index (χ2n) is 9.86. The summed E-state index contributed by atoms with van der Waals surface area (Å²) in [5, 5.41) is 0. The van der Waals surface area contributed by atoms with Gasteiger partial charge in [-0.15, -0.1) is 0 Å². The fourth-order valence-electron chi connectivity index (χ4n) is 4.98. The summed E-state index contributed by atoms with van der Waals surface area (Å²) in [6.07, 6.45) is 4.14. The zero-order chi connectivity index (χ0) is 23.1. The van der Waals surface area contributed by atoms with Crippen LogP contribution in [0.4, 0.5) is 4.79 Å². The number of likely N-dealkylation sites (tertiary alicyclic amines) is 1. The van der Waals surface area contributed by atoms with Crippen LogP contribution in [0.15, 0.2) is 24.3 Å². The molecule has 0 bridgehead atoms. The minimum absolute atomic E-state index is 0.0331. The SMILES string of the molecule is CN(C)C(=O)N(C)CC1(c2ccc(OCCCN3CC[C@@H](N(C)C)C3)cc2)CCOCC1. The van der Waals surface area contributed by atoms with Gasteiger partial charge >= 0.3 is 6.03 Å². The second kappa shape index (κ2) is 11.3. The Labute approximate surface area is 194 Å². The van der Waals surface area contributed by atoms with E-state index in [0.717, 1.165) is 57.9 Å². The highest BCUT2D eigenvalue weighted by atomic mass is 16.5. The molecule has 32 heavy (non-hydrogen) atoms. The van der Waals surface area contributed by atoms with Crippen LogP contribution in [0.5, 0.6) is 5.75 Å². The molecule has 0 aromatic heterocycles. The number of hydrogen-bond acceptors (Lipinski definition) is 5. The summed E-state index contributed by atoms with van der Waals surface area (Å²) in [6, 6.07) is 9.24. The van der Waals surface area contributed by atoms with E-state index >= 15 is 0 Å². The summed E-state index contributed by atoms with van der Waals surface area (Å²) in [6.45, 7) is 6.34. The molecule has 1 aromatic carbocycles. The number of benzene rings is 1. The van der Waals surface area contributed by atoms with E-state index in [2.05, 4.69) is 48.2 Å². The van der Waals surface area contributed by atoms with E-state index in [0.29, 0.717) is 12.6 Å². The molecule has 1 atom stereocenters. The van der Waals surface area contributed by atoms with Gasteiger partial charge in [-0.05, 0) is 64.0 Å². The number of nitrogens with zero attached hydrogens (tertiary/aromatic N) is 4. The molecule has 2 aliphatic rings. The molecule has 0 aliphatic carbocycles. The molecule has 0 radical (unpaired) electrons. The lowest BCUT2D eigenvalue weighted by Crippen LogP contribution is -2.47. The van der Waals surface area contributed by atoms with Gasteiger partial charge in [0.2, 0.25) is 0 Å². The third-order valence-electron chi connectivity index (χ3n) is 7.03. The van der Waals surface area contributed by atoms with Crippen LogP contribution < -0.4 is 4.74 Å². The fraction of sp³-hybridized carbons (Fsp3) is 0.720. The summed E-state index contributed by atoms with van der Waals surface area (Å²) in [4.78, 5) is 20.8. The molecule has 2 fully saturated rings. The van der Waals surface area contributed by atoms with Gasteiger partial charge in [-0.2, -0.15) is 0 Å². The summed E-state index contributed by atoms with van der Waals surface area (Å²) in [7, 11) is 9.82. The molecule has 2 aliphatic heterocycles. The Morgan fingerprint density at radius 3 is 2.41 bits per heavy atom. The lowest BCUT2D eigenvalue weighted by atomic mass is 9.74. The average molecular weight is 447 g/mol. The molecule has 180 valence electrons. The van der Waals surface area contributed by atoms with Crippen molar-refractivity contribution in [3.05, 3.63) is 29.8 Å². The van der Waals surface area contributed by atoms with Gasteiger partial charge in [-0.25, -0.2) is 4.79 Å². The number of urea groups is 1. The van der Waals surface area contributed by atoms with Gasteiger partial charge in [0.05, 0.1) is 6.61 Å². The largest absolute Gasteiger partial charge is 0.494 e. The van der Waals surface area contributed by atoms with Crippen molar-refractivity contribution in [1.29, 1.82) is 0 Å². The lowest BCUT2D eigenvalue weighted by molar-refractivity contribution is 0.0395. The Morgan fingerprint density at radius 1 is 1.12 bits per heavy atom. The van der Waals surface area contributed by atoms with E-state index in [1.807, 2.05) is 11.9 Å². The molecule has 0 saturated carbocycles.